The number of nitriles is 1. The zero-order valence-corrected chi connectivity index (χ0v) is 15.2. The number of rotatable bonds is 2. The summed E-state index contributed by atoms with van der Waals surface area (Å²) in [6, 6.07) is 10.1. The summed E-state index contributed by atoms with van der Waals surface area (Å²) in [4.78, 5) is 12.7. The van der Waals surface area contributed by atoms with Crippen LogP contribution in [0.25, 0.3) is 0 Å². The maximum atomic E-state index is 12.7. The highest BCUT2D eigenvalue weighted by Crippen LogP contribution is 2.53. The first kappa shape index (κ1) is 16.6. The Hall–Kier alpha value is -2.87. The topological polar surface area (TPSA) is 67.9 Å². The van der Waals surface area contributed by atoms with E-state index >= 15 is 0 Å². The summed E-state index contributed by atoms with van der Waals surface area (Å²) in [6.45, 7) is 1.95. The smallest absolute Gasteiger partial charge is 0.176 e. The van der Waals surface area contributed by atoms with E-state index in [2.05, 4.69) is 17.2 Å². The van der Waals surface area contributed by atoms with Crippen molar-refractivity contribution in [2.75, 3.05) is 7.11 Å². The highest BCUT2D eigenvalue weighted by Gasteiger charge is 2.53. The molecule has 5 nitrogen and oxygen atoms in total. The number of allylic oxidation sites excluding steroid dienone is 2. The zero-order chi connectivity index (χ0) is 18.5. The third-order valence-corrected chi connectivity index (χ3v) is 6.04. The van der Waals surface area contributed by atoms with E-state index in [1.54, 1.807) is 7.11 Å². The molecule has 3 atom stereocenters. The van der Waals surface area contributed by atoms with Gasteiger partial charge in [0.2, 0.25) is 0 Å². The first-order valence-electron chi connectivity index (χ1n) is 8.86. The third kappa shape index (κ3) is 2.08. The number of carbonyl (C=O) groups excluding carboxylic acids is 1. The van der Waals surface area contributed by atoms with Crippen LogP contribution in [0.1, 0.15) is 30.2 Å². The predicted octanol–water partition coefficient (Wildman–Crippen LogP) is 2.95. The van der Waals surface area contributed by atoms with E-state index in [1.165, 1.54) is 5.56 Å². The number of aryl methyl sites for hydroxylation is 2. The normalized spacial score (nSPS) is 27.2. The van der Waals surface area contributed by atoms with Gasteiger partial charge in [0.15, 0.2) is 5.78 Å². The van der Waals surface area contributed by atoms with Gasteiger partial charge < -0.3 is 4.74 Å². The number of benzene rings is 1. The minimum absolute atomic E-state index is 0.0540. The molecule has 2 aliphatic carbocycles. The molecular weight excluding hydrogens is 326 g/mol. The molecule has 5 heteroatoms. The SMILES string of the molecule is COc1cccc([C@]23C=C(C#N)C(=O)C(C)C2CCc2cnn(C)c23)c1. The number of fused-ring (bicyclic) bond motifs is 3. The van der Waals surface area contributed by atoms with Gasteiger partial charge in [-0.2, -0.15) is 10.4 Å². The maximum Gasteiger partial charge on any atom is 0.176 e. The van der Waals surface area contributed by atoms with E-state index in [0.717, 1.165) is 29.8 Å². The van der Waals surface area contributed by atoms with Crippen LogP contribution in [-0.2, 0) is 23.7 Å². The fraction of sp³-hybridized carbons (Fsp3) is 0.381. The van der Waals surface area contributed by atoms with Gasteiger partial charge in [-0.1, -0.05) is 19.1 Å². The summed E-state index contributed by atoms with van der Waals surface area (Å²) in [7, 11) is 3.58. The van der Waals surface area contributed by atoms with Gasteiger partial charge >= 0.3 is 0 Å². The fourth-order valence-electron chi connectivity index (χ4n) is 4.86. The van der Waals surface area contributed by atoms with Crippen molar-refractivity contribution in [1.29, 1.82) is 5.26 Å². The first-order chi connectivity index (χ1) is 12.5. The van der Waals surface area contributed by atoms with E-state index in [1.807, 2.05) is 49.1 Å². The van der Waals surface area contributed by atoms with Gasteiger partial charge in [0, 0.05) is 13.0 Å². The van der Waals surface area contributed by atoms with Crippen LogP contribution in [0.4, 0.5) is 0 Å². The molecule has 0 radical (unpaired) electrons. The molecule has 0 aliphatic heterocycles. The summed E-state index contributed by atoms with van der Waals surface area (Å²) >= 11 is 0. The predicted molar refractivity (Wildman–Crippen MR) is 96.7 cm³/mol. The van der Waals surface area contributed by atoms with Crippen molar-refractivity contribution < 1.29 is 9.53 Å². The maximum absolute atomic E-state index is 12.7. The van der Waals surface area contributed by atoms with Gasteiger partial charge in [0.25, 0.3) is 0 Å². The van der Waals surface area contributed by atoms with Crippen LogP contribution in [0.3, 0.4) is 0 Å². The molecule has 0 saturated heterocycles. The van der Waals surface area contributed by atoms with Crippen LogP contribution in [0.15, 0.2) is 42.1 Å². The summed E-state index contributed by atoms with van der Waals surface area (Å²) in [6.07, 6.45) is 5.58. The standard InChI is InChI=1S/C21H21N3O2/c1-13-18-8-7-14-12-23-24(2)20(14)21(18,10-15(11-22)19(13)25)16-5-4-6-17(9-16)26-3/h4-6,9-10,12-13,18H,7-8H2,1-3H3/t13?,18?,21-/m1/s1. The highest BCUT2D eigenvalue weighted by atomic mass is 16.5. The van der Waals surface area contributed by atoms with Crippen molar-refractivity contribution in [1.82, 2.24) is 9.78 Å². The second kappa shape index (κ2) is 5.84. The average Bonchev–Trinajstić information content (AvgIpc) is 3.06. The number of aromatic nitrogens is 2. The molecule has 1 aromatic carbocycles. The van der Waals surface area contributed by atoms with E-state index < -0.39 is 5.41 Å². The van der Waals surface area contributed by atoms with Crippen molar-refractivity contribution in [2.45, 2.75) is 25.2 Å². The van der Waals surface area contributed by atoms with Crippen LogP contribution < -0.4 is 4.74 Å². The number of Topliss-reactive ketones (excluding diaryl/α,β-unsaturated/α-hetero) is 1. The molecule has 0 amide bonds. The fourth-order valence-corrected chi connectivity index (χ4v) is 4.86. The molecule has 0 spiro atoms. The highest BCUT2D eigenvalue weighted by molar-refractivity contribution is 6.02. The van der Waals surface area contributed by atoms with Gasteiger partial charge in [0.05, 0.1) is 30.0 Å². The Balaban J connectivity index is 2.10. The van der Waals surface area contributed by atoms with Crippen LogP contribution in [-0.4, -0.2) is 22.7 Å². The van der Waals surface area contributed by atoms with Gasteiger partial charge in [-0.25, -0.2) is 0 Å². The van der Waals surface area contributed by atoms with Crippen LogP contribution in [0.5, 0.6) is 5.75 Å². The van der Waals surface area contributed by atoms with Crippen molar-refractivity contribution in [3.8, 4) is 11.8 Å². The largest absolute Gasteiger partial charge is 0.497 e. The Morgan fingerprint density at radius 1 is 1.42 bits per heavy atom. The molecule has 2 aliphatic rings. The minimum atomic E-state index is -0.550. The Morgan fingerprint density at radius 3 is 2.96 bits per heavy atom. The molecule has 2 unspecified atom stereocenters. The number of methoxy groups -OCH3 is 1. The molecule has 4 rings (SSSR count). The Kier molecular flexibility index (Phi) is 3.73. The van der Waals surface area contributed by atoms with E-state index in [9.17, 15) is 10.1 Å². The Morgan fingerprint density at radius 2 is 2.23 bits per heavy atom. The second-order valence-corrected chi connectivity index (χ2v) is 7.21. The number of carbonyl (C=O) groups is 1. The number of hydrogen-bond acceptors (Lipinski definition) is 4. The quantitative estimate of drug-likeness (QED) is 0.838. The molecule has 26 heavy (non-hydrogen) atoms. The molecule has 0 N–H and O–H groups in total. The van der Waals surface area contributed by atoms with Crippen molar-refractivity contribution >= 4 is 5.78 Å². The lowest BCUT2D eigenvalue weighted by atomic mass is 9.54. The number of ether oxygens (including phenoxy) is 1. The first-order valence-corrected chi connectivity index (χ1v) is 8.86. The Labute approximate surface area is 152 Å². The lowest BCUT2D eigenvalue weighted by Gasteiger charge is -2.47. The van der Waals surface area contributed by atoms with Crippen LogP contribution in [0, 0.1) is 23.2 Å². The molecule has 2 aromatic rings. The molecule has 0 fully saturated rings. The van der Waals surface area contributed by atoms with E-state index in [0.29, 0.717) is 0 Å². The summed E-state index contributed by atoms with van der Waals surface area (Å²) in [5.41, 5.74) is 2.99. The van der Waals surface area contributed by atoms with Crippen LogP contribution in [0.2, 0.25) is 0 Å². The van der Waals surface area contributed by atoms with E-state index in [4.69, 9.17) is 4.74 Å². The molecule has 132 valence electrons. The van der Waals surface area contributed by atoms with Gasteiger partial charge in [-0.05, 0) is 48.1 Å². The van der Waals surface area contributed by atoms with Gasteiger partial charge in [0.1, 0.15) is 11.8 Å². The summed E-state index contributed by atoms with van der Waals surface area (Å²) < 4.78 is 7.35. The lowest BCUT2D eigenvalue weighted by molar-refractivity contribution is -0.121. The number of hydrogen-bond donors (Lipinski definition) is 0. The zero-order valence-electron chi connectivity index (χ0n) is 15.2. The summed E-state index contributed by atoms with van der Waals surface area (Å²) in [5.74, 6) is 0.578. The number of nitrogens with zero attached hydrogens (tertiary/aromatic N) is 3. The monoisotopic (exact) mass is 347 g/mol. The molecule has 0 saturated carbocycles. The van der Waals surface area contributed by atoms with Crippen molar-refractivity contribution in [3.05, 3.63) is 58.9 Å². The minimum Gasteiger partial charge on any atom is -0.497 e. The summed E-state index contributed by atoms with van der Waals surface area (Å²) in [5, 5.41) is 14.1. The molecular formula is C21H21N3O2. The van der Waals surface area contributed by atoms with Gasteiger partial charge in [-0.15, -0.1) is 0 Å². The lowest BCUT2D eigenvalue weighted by Crippen LogP contribution is -2.48. The van der Waals surface area contributed by atoms with E-state index in [-0.39, 0.29) is 23.2 Å². The van der Waals surface area contributed by atoms with Crippen molar-refractivity contribution in [3.63, 3.8) is 0 Å². The molecule has 0 bridgehead atoms. The van der Waals surface area contributed by atoms with Crippen molar-refractivity contribution in [2.24, 2.45) is 18.9 Å². The van der Waals surface area contributed by atoms with Gasteiger partial charge in [-0.3, -0.25) is 9.48 Å². The second-order valence-electron chi connectivity index (χ2n) is 7.21. The van der Waals surface area contributed by atoms with Crippen LogP contribution >= 0.6 is 0 Å². The average molecular weight is 347 g/mol. The third-order valence-electron chi connectivity index (χ3n) is 6.04. The molecule has 1 aromatic heterocycles. The number of ketones is 1. The Bertz CT molecular complexity index is 966. The molecule has 1 heterocycles.